The van der Waals surface area contributed by atoms with Crippen molar-refractivity contribution in [1.29, 1.82) is 0 Å². The van der Waals surface area contributed by atoms with Gasteiger partial charge in [-0.25, -0.2) is 4.79 Å². The average molecular weight is 424 g/mol. The normalized spacial score (nSPS) is 18.5. The van der Waals surface area contributed by atoms with Crippen LogP contribution in [0.3, 0.4) is 0 Å². The Balaban J connectivity index is 1.78. The second kappa shape index (κ2) is 9.64. The monoisotopic (exact) mass is 423 g/mol. The van der Waals surface area contributed by atoms with Gasteiger partial charge in [-0.3, -0.25) is 14.5 Å². The molecule has 1 aliphatic rings. The fourth-order valence-corrected chi connectivity index (χ4v) is 3.77. The van der Waals surface area contributed by atoms with Crippen LogP contribution in [0.4, 0.5) is 4.79 Å². The van der Waals surface area contributed by atoms with Gasteiger partial charge < -0.3 is 15.0 Å². The van der Waals surface area contributed by atoms with E-state index in [-0.39, 0.29) is 18.4 Å². The molecule has 7 heteroatoms. The summed E-state index contributed by atoms with van der Waals surface area (Å²) in [6, 6.07) is 18.3. The number of amides is 3. The first-order valence-corrected chi connectivity index (χ1v) is 10.4. The molecule has 0 aromatic heterocycles. The second-order valence-corrected chi connectivity index (χ2v) is 8.06. The lowest BCUT2D eigenvalue weighted by molar-refractivity contribution is -0.144. The lowest BCUT2D eigenvalue weighted by Crippen LogP contribution is -2.71. The van der Waals surface area contributed by atoms with Crippen molar-refractivity contribution < 1.29 is 19.1 Å². The third-order valence-electron chi connectivity index (χ3n) is 5.61. The molecule has 0 aliphatic carbocycles. The Bertz CT molecular complexity index is 917. The van der Waals surface area contributed by atoms with Crippen molar-refractivity contribution in [2.45, 2.75) is 38.0 Å². The number of carbonyl (C=O) groups excluding carboxylic acids is 3. The molecule has 1 heterocycles. The van der Waals surface area contributed by atoms with E-state index in [1.165, 1.54) is 9.80 Å². The molecular weight excluding hydrogens is 394 g/mol. The van der Waals surface area contributed by atoms with Crippen LogP contribution in [0.2, 0.25) is 0 Å². The van der Waals surface area contributed by atoms with E-state index in [0.717, 1.165) is 11.1 Å². The van der Waals surface area contributed by atoms with Gasteiger partial charge in [-0.15, -0.1) is 0 Å². The van der Waals surface area contributed by atoms with Crippen LogP contribution in [0, 0.1) is 0 Å². The van der Waals surface area contributed by atoms with Crippen molar-refractivity contribution >= 4 is 17.9 Å². The highest BCUT2D eigenvalue weighted by Crippen LogP contribution is 2.35. The molecule has 7 nitrogen and oxygen atoms in total. The van der Waals surface area contributed by atoms with E-state index in [1.54, 1.807) is 21.0 Å². The first kappa shape index (κ1) is 22.3. The van der Waals surface area contributed by atoms with E-state index in [0.29, 0.717) is 19.4 Å². The van der Waals surface area contributed by atoms with E-state index < -0.39 is 17.7 Å². The summed E-state index contributed by atoms with van der Waals surface area (Å²) < 4.78 is 5.50. The largest absolute Gasteiger partial charge is 0.445 e. The molecule has 0 radical (unpaired) electrons. The maximum atomic E-state index is 13.3. The number of hydrogen-bond donors (Lipinski definition) is 1. The zero-order chi connectivity index (χ0) is 22.4. The van der Waals surface area contributed by atoms with Crippen LogP contribution in [0.25, 0.3) is 0 Å². The molecule has 3 rings (SSSR count). The van der Waals surface area contributed by atoms with Gasteiger partial charge in [-0.2, -0.15) is 0 Å². The molecule has 0 bridgehead atoms. The van der Waals surface area contributed by atoms with Crippen LogP contribution < -0.4 is 5.32 Å². The summed E-state index contributed by atoms with van der Waals surface area (Å²) in [5.74, 6) is -0.553. The van der Waals surface area contributed by atoms with Crippen molar-refractivity contribution in [3.8, 4) is 0 Å². The standard InChI is InChI=1S/C24H29N3O4/c1-18(21(28)26(2)3)25-22(29)24(16-19-10-6-4-7-11-19)14-15-27(24)23(30)31-17-20-12-8-5-9-13-20/h4-13,18H,14-17H2,1-3H3,(H,25,29)/t18-,24-/m0/s1. The van der Waals surface area contributed by atoms with E-state index in [1.807, 2.05) is 60.7 Å². The fraction of sp³-hybridized carbons (Fsp3) is 0.375. The van der Waals surface area contributed by atoms with Crippen LogP contribution in [0.15, 0.2) is 60.7 Å². The van der Waals surface area contributed by atoms with Crippen LogP contribution in [-0.4, -0.2) is 59.9 Å². The zero-order valence-electron chi connectivity index (χ0n) is 18.2. The molecule has 2 atom stereocenters. The van der Waals surface area contributed by atoms with Crippen molar-refractivity contribution in [3.05, 3.63) is 71.8 Å². The van der Waals surface area contributed by atoms with Gasteiger partial charge in [0.05, 0.1) is 0 Å². The molecule has 31 heavy (non-hydrogen) atoms. The topological polar surface area (TPSA) is 79.0 Å². The van der Waals surface area contributed by atoms with Gasteiger partial charge in [-0.05, 0) is 24.5 Å². The number of likely N-dealkylation sites (N-methyl/N-ethyl adjacent to an activating group) is 1. The van der Waals surface area contributed by atoms with Crippen LogP contribution in [0.1, 0.15) is 24.5 Å². The van der Waals surface area contributed by atoms with Crippen molar-refractivity contribution in [1.82, 2.24) is 15.1 Å². The Morgan fingerprint density at radius 2 is 1.61 bits per heavy atom. The Hall–Kier alpha value is -3.35. The number of rotatable bonds is 7. The highest BCUT2D eigenvalue weighted by atomic mass is 16.6. The van der Waals surface area contributed by atoms with E-state index in [2.05, 4.69) is 5.32 Å². The lowest BCUT2D eigenvalue weighted by Gasteiger charge is -2.50. The van der Waals surface area contributed by atoms with Crippen molar-refractivity contribution in [2.24, 2.45) is 0 Å². The fourth-order valence-electron chi connectivity index (χ4n) is 3.77. The van der Waals surface area contributed by atoms with Gasteiger partial charge >= 0.3 is 6.09 Å². The third kappa shape index (κ3) is 5.05. The van der Waals surface area contributed by atoms with Gasteiger partial charge in [0, 0.05) is 27.1 Å². The van der Waals surface area contributed by atoms with Gasteiger partial charge in [0.15, 0.2) is 0 Å². The minimum atomic E-state index is -1.09. The summed E-state index contributed by atoms with van der Waals surface area (Å²) in [6.45, 7) is 2.20. The minimum Gasteiger partial charge on any atom is -0.445 e. The summed E-state index contributed by atoms with van der Waals surface area (Å²) in [6.07, 6.45) is 0.313. The van der Waals surface area contributed by atoms with Crippen molar-refractivity contribution in [3.63, 3.8) is 0 Å². The quantitative estimate of drug-likeness (QED) is 0.743. The third-order valence-corrected chi connectivity index (χ3v) is 5.61. The molecule has 0 unspecified atom stereocenters. The zero-order valence-corrected chi connectivity index (χ0v) is 18.2. The van der Waals surface area contributed by atoms with Gasteiger partial charge in [0.1, 0.15) is 18.2 Å². The highest BCUT2D eigenvalue weighted by Gasteiger charge is 2.54. The molecule has 1 aliphatic heterocycles. The highest BCUT2D eigenvalue weighted by molar-refractivity contribution is 5.95. The average Bonchev–Trinajstić information content (AvgIpc) is 2.75. The summed E-state index contributed by atoms with van der Waals surface area (Å²) in [7, 11) is 3.28. The van der Waals surface area contributed by atoms with E-state index in [4.69, 9.17) is 4.74 Å². The predicted octanol–water partition coefficient (Wildman–Crippen LogP) is 2.60. The molecular formula is C24H29N3O4. The first-order valence-electron chi connectivity index (χ1n) is 10.4. The number of nitrogens with zero attached hydrogens (tertiary/aromatic N) is 2. The number of carbonyl (C=O) groups is 3. The maximum absolute atomic E-state index is 13.3. The molecule has 1 fully saturated rings. The molecule has 1 N–H and O–H groups in total. The molecule has 1 saturated heterocycles. The second-order valence-electron chi connectivity index (χ2n) is 8.06. The number of benzene rings is 2. The number of ether oxygens (including phenoxy) is 1. The molecule has 164 valence electrons. The van der Waals surface area contributed by atoms with Gasteiger partial charge in [0.25, 0.3) is 0 Å². The number of nitrogens with one attached hydrogen (secondary N) is 1. The Labute approximate surface area is 183 Å². The summed E-state index contributed by atoms with van der Waals surface area (Å²) in [5.41, 5.74) is 0.722. The smallest absolute Gasteiger partial charge is 0.411 e. The summed E-state index contributed by atoms with van der Waals surface area (Å²) >= 11 is 0. The summed E-state index contributed by atoms with van der Waals surface area (Å²) in [5, 5.41) is 2.80. The number of hydrogen-bond acceptors (Lipinski definition) is 4. The first-order chi connectivity index (χ1) is 14.8. The molecule has 2 aromatic rings. The predicted molar refractivity (Wildman–Crippen MR) is 117 cm³/mol. The van der Waals surface area contributed by atoms with Crippen LogP contribution >= 0.6 is 0 Å². The van der Waals surface area contributed by atoms with Crippen LogP contribution in [0.5, 0.6) is 0 Å². The molecule has 3 amide bonds. The minimum absolute atomic E-state index is 0.134. The molecule has 0 saturated carbocycles. The van der Waals surface area contributed by atoms with Gasteiger partial charge in [0.2, 0.25) is 11.8 Å². The Morgan fingerprint density at radius 3 is 2.13 bits per heavy atom. The van der Waals surface area contributed by atoms with Crippen LogP contribution in [-0.2, 0) is 27.4 Å². The van der Waals surface area contributed by atoms with E-state index in [9.17, 15) is 14.4 Å². The SMILES string of the molecule is C[C@H](NC(=O)[C@@]1(Cc2ccccc2)CCN1C(=O)OCc1ccccc1)C(=O)N(C)C. The maximum Gasteiger partial charge on any atom is 0.411 e. The number of likely N-dealkylation sites (tertiary alicyclic amines) is 1. The van der Waals surface area contributed by atoms with E-state index >= 15 is 0 Å². The van der Waals surface area contributed by atoms with Crippen molar-refractivity contribution in [2.75, 3.05) is 20.6 Å². The van der Waals surface area contributed by atoms with Gasteiger partial charge in [-0.1, -0.05) is 60.7 Å². The molecule has 0 spiro atoms. The summed E-state index contributed by atoms with van der Waals surface area (Å²) in [4.78, 5) is 41.4. The lowest BCUT2D eigenvalue weighted by atomic mass is 9.78. The Kier molecular flexibility index (Phi) is 6.95. The molecule has 2 aromatic carbocycles. The Morgan fingerprint density at radius 1 is 1.03 bits per heavy atom.